The van der Waals surface area contributed by atoms with E-state index in [0.29, 0.717) is 11.8 Å². The first-order chi connectivity index (χ1) is 10.6. The number of hydrogen-bond acceptors (Lipinski definition) is 4. The molecule has 3 rings (SSSR count). The fourth-order valence-electron chi connectivity index (χ4n) is 4.21. The van der Waals surface area contributed by atoms with Gasteiger partial charge in [0.15, 0.2) is 0 Å². The van der Waals surface area contributed by atoms with Crippen molar-refractivity contribution >= 4 is 5.91 Å². The summed E-state index contributed by atoms with van der Waals surface area (Å²) in [5, 5.41) is 9.70. The molecule has 126 valence electrons. The van der Waals surface area contributed by atoms with Gasteiger partial charge in [-0.1, -0.05) is 6.42 Å². The highest BCUT2D eigenvalue weighted by Gasteiger charge is 2.39. The molecule has 22 heavy (non-hydrogen) atoms. The SMILES string of the molecule is C[C@@H]1CN(C[C@@H]2CN(C(=O)C3CCC3)C[C@@H]2CO)C[C@H](C)O1. The molecule has 2 heterocycles. The van der Waals surface area contributed by atoms with Crippen LogP contribution in [0.15, 0.2) is 0 Å². The van der Waals surface area contributed by atoms with Crippen molar-refractivity contribution in [3.05, 3.63) is 0 Å². The van der Waals surface area contributed by atoms with E-state index in [9.17, 15) is 9.90 Å². The molecule has 2 saturated heterocycles. The fraction of sp³-hybridized carbons (Fsp3) is 0.941. The Morgan fingerprint density at radius 2 is 1.73 bits per heavy atom. The topological polar surface area (TPSA) is 53.0 Å². The summed E-state index contributed by atoms with van der Waals surface area (Å²) in [6, 6.07) is 0. The summed E-state index contributed by atoms with van der Waals surface area (Å²) in [6.45, 7) is 8.87. The zero-order valence-corrected chi connectivity index (χ0v) is 13.9. The van der Waals surface area contributed by atoms with E-state index < -0.39 is 0 Å². The van der Waals surface area contributed by atoms with Crippen LogP contribution in [-0.2, 0) is 9.53 Å². The normalized spacial score (nSPS) is 37.3. The van der Waals surface area contributed by atoms with Crippen LogP contribution < -0.4 is 0 Å². The molecule has 3 aliphatic rings. The molecule has 1 saturated carbocycles. The van der Waals surface area contributed by atoms with Gasteiger partial charge in [0, 0.05) is 51.2 Å². The van der Waals surface area contributed by atoms with Crippen LogP contribution in [0.1, 0.15) is 33.1 Å². The third kappa shape index (κ3) is 3.47. The Balaban J connectivity index is 1.56. The number of nitrogens with zero attached hydrogens (tertiary/aromatic N) is 2. The maximum absolute atomic E-state index is 12.4. The molecule has 1 amide bonds. The van der Waals surface area contributed by atoms with E-state index in [1.807, 2.05) is 4.90 Å². The summed E-state index contributed by atoms with van der Waals surface area (Å²) in [4.78, 5) is 16.9. The van der Waals surface area contributed by atoms with E-state index in [2.05, 4.69) is 18.7 Å². The number of rotatable bonds is 4. The Morgan fingerprint density at radius 3 is 2.27 bits per heavy atom. The first kappa shape index (κ1) is 16.2. The van der Waals surface area contributed by atoms with Crippen LogP contribution in [0.25, 0.3) is 0 Å². The lowest BCUT2D eigenvalue weighted by atomic mass is 9.84. The van der Waals surface area contributed by atoms with Gasteiger partial charge in [0.25, 0.3) is 0 Å². The van der Waals surface area contributed by atoms with E-state index in [0.717, 1.165) is 45.6 Å². The quantitative estimate of drug-likeness (QED) is 0.840. The summed E-state index contributed by atoms with van der Waals surface area (Å²) in [6.07, 6.45) is 3.85. The van der Waals surface area contributed by atoms with Crippen LogP contribution in [0.2, 0.25) is 0 Å². The van der Waals surface area contributed by atoms with Crippen molar-refractivity contribution in [2.45, 2.75) is 45.3 Å². The molecule has 4 atom stereocenters. The predicted molar refractivity (Wildman–Crippen MR) is 84.4 cm³/mol. The number of likely N-dealkylation sites (tertiary alicyclic amines) is 1. The minimum Gasteiger partial charge on any atom is -0.396 e. The van der Waals surface area contributed by atoms with Crippen molar-refractivity contribution in [3.63, 3.8) is 0 Å². The first-order valence-corrected chi connectivity index (χ1v) is 8.84. The van der Waals surface area contributed by atoms with Crippen molar-refractivity contribution in [3.8, 4) is 0 Å². The van der Waals surface area contributed by atoms with Crippen LogP contribution in [0.5, 0.6) is 0 Å². The molecule has 1 aliphatic carbocycles. The molecule has 0 aromatic rings. The molecule has 0 spiro atoms. The highest BCUT2D eigenvalue weighted by atomic mass is 16.5. The number of ether oxygens (including phenoxy) is 1. The molecule has 0 aromatic heterocycles. The number of aliphatic hydroxyl groups excluding tert-OH is 1. The van der Waals surface area contributed by atoms with Crippen molar-refractivity contribution in [2.24, 2.45) is 17.8 Å². The molecule has 3 fully saturated rings. The molecule has 0 unspecified atom stereocenters. The molecule has 0 radical (unpaired) electrons. The summed E-state index contributed by atoms with van der Waals surface area (Å²) >= 11 is 0. The molecule has 5 nitrogen and oxygen atoms in total. The van der Waals surface area contributed by atoms with Gasteiger partial charge < -0.3 is 14.7 Å². The van der Waals surface area contributed by atoms with Crippen molar-refractivity contribution in [1.29, 1.82) is 0 Å². The second-order valence-corrected chi connectivity index (χ2v) is 7.55. The predicted octanol–water partition coefficient (Wildman–Crippen LogP) is 0.963. The van der Waals surface area contributed by atoms with Crippen LogP contribution in [-0.4, -0.2) is 72.4 Å². The lowest BCUT2D eigenvalue weighted by molar-refractivity contribution is -0.137. The van der Waals surface area contributed by atoms with E-state index in [1.165, 1.54) is 6.42 Å². The minimum absolute atomic E-state index is 0.189. The zero-order valence-electron chi connectivity index (χ0n) is 13.9. The second-order valence-electron chi connectivity index (χ2n) is 7.55. The van der Waals surface area contributed by atoms with Gasteiger partial charge in [0.2, 0.25) is 5.91 Å². The molecule has 2 aliphatic heterocycles. The zero-order chi connectivity index (χ0) is 15.7. The maximum Gasteiger partial charge on any atom is 0.225 e. The number of carbonyl (C=O) groups excluding carboxylic acids is 1. The number of carbonyl (C=O) groups is 1. The monoisotopic (exact) mass is 310 g/mol. The van der Waals surface area contributed by atoms with Crippen LogP contribution in [0.4, 0.5) is 0 Å². The Bertz CT molecular complexity index is 389. The van der Waals surface area contributed by atoms with Gasteiger partial charge in [-0.25, -0.2) is 0 Å². The number of morpholine rings is 1. The lowest BCUT2D eigenvalue weighted by Crippen LogP contribution is -2.48. The van der Waals surface area contributed by atoms with Crippen molar-refractivity contribution < 1.29 is 14.6 Å². The molecule has 0 bridgehead atoms. The molecule has 1 N–H and O–H groups in total. The largest absolute Gasteiger partial charge is 0.396 e. The van der Waals surface area contributed by atoms with Crippen molar-refractivity contribution in [2.75, 3.05) is 39.3 Å². The van der Waals surface area contributed by atoms with Gasteiger partial charge in [-0.2, -0.15) is 0 Å². The van der Waals surface area contributed by atoms with E-state index in [4.69, 9.17) is 4.74 Å². The molecular formula is C17H30N2O3. The smallest absolute Gasteiger partial charge is 0.225 e. The Kier molecular flexibility index (Phi) is 5.05. The Hall–Kier alpha value is -0.650. The summed E-state index contributed by atoms with van der Waals surface area (Å²) in [7, 11) is 0. The van der Waals surface area contributed by atoms with Gasteiger partial charge in [-0.05, 0) is 32.6 Å². The number of hydrogen-bond donors (Lipinski definition) is 1. The highest BCUT2D eigenvalue weighted by molar-refractivity contribution is 5.79. The van der Waals surface area contributed by atoms with E-state index in [1.54, 1.807) is 0 Å². The van der Waals surface area contributed by atoms with Crippen molar-refractivity contribution in [1.82, 2.24) is 9.80 Å². The Labute approximate surface area is 133 Å². The lowest BCUT2D eigenvalue weighted by Gasteiger charge is -2.37. The molecule has 5 heteroatoms. The van der Waals surface area contributed by atoms with Gasteiger partial charge in [0.1, 0.15) is 0 Å². The summed E-state index contributed by atoms with van der Waals surface area (Å²) in [5.74, 6) is 1.22. The van der Waals surface area contributed by atoms with Gasteiger partial charge >= 0.3 is 0 Å². The maximum atomic E-state index is 12.4. The third-order valence-corrected chi connectivity index (χ3v) is 5.56. The molecular weight excluding hydrogens is 280 g/mol. The second kappa shape index (κ2) is 6.85. The minimum atomic E-state index is 0.189. The van der Waals surface area contributed by atoms with Gasteiger partial charge in [0.05, 0.1) is 12.2 Å². The average Bonchev–Trinajstić information content (AvgIpc) is 2.78. The average molecular weight is 310 g/mol. The van der Waals surface area contributed by atoms with Crippen LogP contribution in [0.3, 0.4) is 0 Å². The summed E-state index contributed by atoms with van der Waals surface area (Å²) in [5.41, 5.74) is 0. The third-order valence-electron chi connectivity index (χ3n) is 5.56. The number of aliphatic hydroxyl groups is 1. The Morgan fingerprint density at radius 1 is 1.09 bits per heavy atom. The first-order valence-electron chi connectivity index (χ1n) is 8.84. The van der Waals surface area contributed by atoms with E-state index >= 15 is 0 Å². The fourth-order valence-corrected chi connectivity index (χ4v) is 4.21. The van der Waals surface area contributed by atoms with Gasteiger partial charge in [-0.15, -0.1) is 0 Å². The van der Waals surface area contributed by atoms with E-state index in [-0.39, 0.29) is 30.7 Å². The van der Waals surface area contributed by atoms with Gasteiger partial charge in [-0.3, -0.25) is 9.69 Å². The summed E-state index contributed by atoms with van der Waals surface area (Å²) < 4.78 is 5.79. The molecule has 0 aromatic carbocycles. The van der Waals surface area contributed by atoms with Crippen LogP contribution >= 0.6 is 0 Å². The highest BCUT2D eigenvalue weighted by Crippen LogP contribution is 2.32. The standard InChI is InChI=1S/C17H30N2O3/c1-12-6-18(7-13(2)22-12)8-15-9-19(10-16(15)11-20)17(21)14-4-3-5-14/h12-16,20H,3-11H2,1-2H3/t12-,13+,15-,16-/m1/s1. The number of amides is 1. The van der Waals surface area contributed by atoms with Crippen LogP contribution in [0, 0.1) is 17.8 Å².